The predicted molar refractivity (Wildman–Crippen MR) is 152 cm³/mol. The van der Waals surface area contributed by atoms with Gasteiger partial charge in [-0.15, -0.1) is 0 Å². The lowest BCUT2D eigenvalue weighted by molar-refractivity contribution is -0.139. The molecule has 0 N–H and O–H groups in total. The van der Waals surface area contributed by atoms with E-state index >= 15 is 0 Å². The van der Waals surface area contributed by atoms with Crippen LogP contribution < -0.4 is 0 Å². The molecular weight excluding hydrogens is 568 g/mol. The van der Waals surface area contributed by atoms with Crippen LogP contribution in [0.1, 0.15) is 26.7 Å². The lowest BCUT2D eigenvalue weighted by atomic mass is 10.4. The molecule has 0 atom stereocenters. The van der Waals surface area contributed by atoms with E-state index in [9.17, 15) is 9.59 Å². The van der Waals surface area contributed by atoms with Crippen LogP contribution >= 0.6 is 0 Å². The Balaban J connectivity index is -0.000000537. The van der Waals surface area contributed by atoms with Crippen molar-refractivity contribution in [2.24, 2.45) is 0 Å². The molecule has 0 fully saturated rings. The molecule has 0 saturated heterocycles. The first-order valence-electron chi connectivity index (χ1n) is 11.9. The number of carbonyl (C=O) groups is 2. The van der Waals surface area contributed by atoms with Gasteiger partial charge in [-0.25, -0.2) is 9.59 Å². The second-order valence-corrected chi connectivity index (χ2v) is 15.8. The minimum atomic E-state index is -2.53. The SMILES string of the molecule is C=C(C)C(=O)OCCC[Si](OC)(OC)OC.C=C(C)C(=O)OCCC[Si](OC)(OC)OC.CO[SiH](OC)OC. The monoisotopic (exact) mass is 618 g/mol. The molecule has 0 unspecified atom stereocenters. The van der Waals surface area contributed by atoms with Gasteiger partial charge in [-0.2, -0.15) is 0 Å². The van der Waals surface area contributed by atoms with Gasteiger partial charge in [-0.1, -0.05) is 13.2 Å². The van der Waals surface area contributed by atoms with Gasteiger partial charge in [0.15, 0.2) is 0 Å². The van der Waals surface area contributed by atoms with E-state index in [0.717, 1.165) is 0 Å². The smallest absolute Gasteiger partial charge is 0.462 e. The zero-order valence-electron chi connectivity index (χ0n) is 25.5. The molecule has 13 nitrogen and oxygen atoms in total. The molecule has 0 radical (unpaired) electrons. The Morgan fingerprint density at radius 2 is 0.821 bits per heavy atom. The van der Waals surface area contributed by atoms with E-state index < -0.39 is 27.1 Å². The topological polar surface area (TPSA) is 136 Å². The van der Waals surface area contributed by atoms with E-state index in [-0.39, 0.29) is 11.9 Å². The number of hydrogen-bond donors (Lipinski definition) is 0. The highest BCUT2D eigenvalue weighted by atomic mass is 28.4. The Kier molecular flexibility index (Phi) is 27.8. The van der Waals surface area contributed by atoms with Gasteiger partial charge in [0, 0.05) is 87.2 Å². The van der Waals surface area contributed by atoms with Gasteiger partial charge in [0.05, 0.1) is 13.2 Å². The van der Waals surface area contributed by atoms with Crippen molar-refractivity contribution in [3.05, 3.63) is 24.3 Å². The summed E-state index contributed by atoms with van der Waals surface area (Å²) < 4.78 is 55.5. The quantitative estimate of drug-likeness (QED) is 0.0908. The summed E-state index contributed by atoms with van der Waals surface area (Å²) in [5, 5.41) is 0. The third kappa shape index (κ3) is 20.3. The largest absolute Gasteiger partial charge is 0.500 e. The molecule has 16 heteroatoms. The molecule has 0 amide bonds. The molecule has 39 heavy (non-hydrogen) atoms. The number of rotatable bonds is 19. The van der Waals surface area contributed by atoms with E-state index in [1.807, 2.05) is 0 Å². The number of ether oxygens (including phenoxy) is 2. The number of esters is 2. The van der Waals surface area contributed by atoms with Crippen molar-refractivity contribution >= 4 is 39.1 Å². The molecule has 0 rings (SSSR count). The highest BCUT2D eigenvalue weighted by Crippen LogP contribution is 2.16. The minimum Gasteiger partial charge on any atom is -0.462 e. The van der Waals surface area contributed by atoms with E-state index in [2.05, 4.69) is 13.2 Å². The first kappa shape index (κ1) is 42.2. The van der Waals surface area contributed by atoms with Crippen molar-refractivity contribution in [3.8, 4) is 0 Å². The summed E-state index contributed by atoms with van der Waals surface area (Å²) in [6, 6.07) is 1.22. The third-order valence-corrected chi connectivity index (χ3v) is 11.7. The first-order chi connectivity index (χ1) is 18.4. The van der Waals surface area contributed by atoms with E-state index in [1.165, 1.54) is 0 Å². The minimum absolute atomic E-state index is 0.316. The lowest BCUT2D eigenvalue weighted by Crippen LogP contribution is -2.42. The van der Waals surface area contributed by atoms with Crippen LogP contribution in [0.2, 0.25) is 12.1 Å². The summed E-state index contributed by atoms with van der Waals surface area (Å²) in [4.78, 5) is 22.1. The van der Waals surface area contributed by atoms with E-state index in [1.54, 1.807) is 77.8 Å². The highest BCUT2D eigenvalue weighted by molar-refractivity contribution is 6.60. The summed E-state index contributed by atoms with van der Waals surface area (Å²) >= 11 is 0. The van der Waals surface area contributed by atoms with Crippen LogP contribution in [-0.4, -0.2) is 116 Å². The predicted octanol–water partition coefficient (Wildman–Crippen LogP) is 2.39. The van der Waals surface area contributed by atoms with Gasteiger partial charge >= 0.3 is 39.1 Å². The molecule has 0 bridgehead atoms. The van der Waals surface area contributed by atoms with E-state index in [4.69, 9.17) is 49.3 Å². The maximum absolute atomic E-state index is 11.1. The van der Waals surface area contributed by atoms with Crippen LogP contribution in [0.25, 0.3) is 0 Å². The molecule has 232 valence electrons. The van der Waals surface area contributed by atoms with Crippen LogP contribution in [0.4, 0.5) is 0 Å². The maximum atomic E-state index is 11.1. The Hall–Kier alpha value is -1.29. The molecule has 0 aliphatic rings. The standard InChI is InChI=1S/2C10H20O5Si.C3H10O3Si/c2*1-9(2)10(11)15-7-6-8-16(12-3,13-4)14-5;1-4-7(5-2)6-3/h2*1,6-8H2,2-5H3;7H,1-3H3. The van der Waals surface area contributed by atoms with Crippen LogP contribution in [-0.2, 0) is 58.9 Å². The summed E-state index contributed by atoms with van der Waals surface area (Å²) in [6.45, 7) is 10.8. The molecule has 0 aromatic rings. The van der Waals surface area contributed by atoms with E-state index in [0.29, 0.717) is 49.3 Å². The highest BCUT2D eigenvalue weighted by Gasteiger charge is 2.37. The zero-order chi connectivity index (χ0) is 30.9. The average molecular weight is 619 g/mol. The summed E-state index contributed by atoms with van der Waals surface area (Å²) in [6.07, 6.45) is 1.28. The molecule has 0 aliphatic heterocycles. The van der Waals surface area contributed by atoms with Crippen molar-refractivity contribution in [2.75, 3.05) is 77.2 Å². The normalized spacial score (nSPS) is 11.1. The van der Waals surface area contributed by atoms with Crippen molar-refractivity contribution in [1.29, 1.82) is 0 Å². The van der Waals surface area contributed by atoms with Gasteiger partial charge in [0.2, 0.25) is 0 Å². The van der Waals surface area contributed by atoms with Gasteiger partial charge in [-0.05, 0) is 26.7 Å². The Bertz CT molecular complexity index is 596. The second-order valence-electron chi connectivity index (χ2n) is 7.63. The first-order valence-corrected chi connectivity index (χ1v) is 17.2. The van der Waals surface area contributed by atoms with Crippen molar-refractivity contribution in [3.63, 3.8) is 0 Å². The molecular formula is C23H50O13Si3. The molecule has 0 aromatic carbocycles. The molecule has 0 heterocycles. The lowest BCUT2D eigenvalue weighted by Gasteiger charge is -2.24. The second kappa shape index (κ2) is 25.7. The summed E-state index contributed by atoms with van der Waals surface area (Å²) in [5.41, 5.74) is 0.794. The Morgan fingerprint density at radius 1 is 0.564 bits per heavy atom. The van der Waals surface area contributed by atoms with Gasteiger partial charge in [0.1, 0.15) is 0 Å². The van der Waals surface area contributed by atoms with Gasteiger partial charge in [-0.3, -0.25) is 0 Å². The molecule has 0 saturated carbocycles. The zero-order valence-corrected chi connectivity index (χ0v) is 28.7. The van der Waals surface area contributed by atoms with Gasteiger partial charge in [0.25, 0.3) is 0 Å². The summed E-state index contributed by atoms with van der Waals surface area (Å²) in [7, 11) is 7.32. The van der Waals surface area contributed by atoms with Crippen molar-refractivity contribution in [2.45, 2.75) is 38.8 Å². The molecule has 0 aromatic heterocycles. The fraction of sp³-hybridized carbons (Fsp3) is 0.739. The summed E-state index contributed by atoms with van der Waals surface area (Å²) in [5.74, 6) is -0.751. The number of hydrogen-bond acceptors (Lipinski definition) is 13. The van der Waals surface area contributed by atoms with Crippen LogP contribution in [0.15, 0.2) is 24.3 Å². The molecule has 0 spiro atoms. The van der Waals surface area contributed by atoms with Crippen LogP contribution in [0.3, 0.4) is 0 Å². The number of carbonyl (C=O) groups excluding carboxylic acids is 2. The Morgan fingerprint density at radius 3 is 0.974 bits per heavy atom. The Labute approximate surface area is 238 Å². The molecule has 0 aliphatic carbocycles. The van der Waals surface area contributed by atoms with Crippen molar-refractivity contribution < 1.29 is 58.9 Å². The third-order valence-electron chi connectivity index (χ3n) is 4.86. The van der Waals surface area contributed by atoms with Gasteiger partial charge < -0.3 is 49.3 Å². The fourth-order valence-electron chi connectivity index (χ4n) is 2.55. The fourth-order valence-corrected chi connectivity index (χ4v) is 6.51. The van der Waals surface area contributed by atoms with Crippen molar-refractivity contribution in [1.82, 2.24) is 0 Å². The average Bonchev–Trinajstić information content (AvgIpc) is 2.95. The van der Waals surface area contributed by atoms with Crippen LogP contribution in [0.5, 0.6) is 0 Å². The van der Waals surface area contributed by atoms with Crippen LogP contribution in [0, 0.1) is 0 Å². The maximum Gasteiger partial charge on any atom is 0.500 e.